The van der Waals surface area contributed by atoms with Crippen molar-refractivity contribution in [3.63, 3.8) is 0 Å². The minimum atomic E-state index is -0.488. The number of nitrogens with one attached hydrogen (secondary N) is 2. The van der Waals surface area contributed by atoms with Crippen LogP contribution in [0, 0.1) is 5.92 Å². The molecule has 32 heavy (non-hydrogen) atoms. The van der Waals surface area contributed by atoms with Gasteiger partial charge in [-0.25, -0.2) is 4.79 Å². The van der Waals surface area contributed by atoms with Crippen molar-refractivity contribution in [3.05, 3.63) is 58.5 Å². The van der Waals surface area contributed by atoms with Gasteiger partial charge in [-0.2, -0.15) is 0 Å². The number of anilines is 2. The lowest BCUT2D eigenvalue weighted by Gasteiger charge is -2.39. The Morgan fingerprint density at radius 3 is 2.53 bits per heavy atom. The quantitative estimate of drug-likeness (QED) is 0.327. The van der Waals surface area contributed by atoms with E-state index in [4.69, 9.17) is 5.73 Å². The number of carbonyl (C=O) groups is 2. The van der Waals surface area contributed by atoms with Crippen molar-refractivity contribution in [2.45, 2.75) is 26.8 Å². The second-order valence-electron chi connectivity index (χ2n) is 9.04. The zero-order valence-electron chi connectivity index (χ0n) is 18.6. The van der Waals surface area contributed by atoms with Crippen LogP contribution >= 0.6 is 11.3 Å². The summed E-state index contributed by atoms with van der Waals surface area (Å²) in [6.07, 6.45) is 0.793. The summed E-state index contributed by atoms with van der Waals surface area (Å²) in [4.78, 5) is 26.1. The summed E-state index contributed by atoms with van der Waals surface area (Å²) < 4.78 is 0.937. The third kappa shape index (κ3) is 5.24. The number of urea groups is 1. The third-order valence-corrected chi connectivity index (χ3v) is 6.94. The highest BCUT2D eigenvalue weighted by Crippen LogP contribution is 2.39. The first kappa shape index (κ1) is 24.5. The molecule has 0 saturated carbocycles. The van der Waals surface area contributed by atoms with Gasteiger partial charge in [-0.3, -0.25) is 10.1 Å². The van der Waals surface area contributed by atoms with Crippen LogP contribution in [0.25, 0.3) is 10.8 Å². The average molecular weight is 564 g/mol. The van der Waals surface area contributed by atoms with Gasteiger partial charge >= 0.3 is 6.03 Å². The molecule has 4 rings (SSSR count). The van der Waals surface area contributed by atoms with E-state index in [1.165, 1.54) is 11.3 Å². The fraction of sp³-hybridized carbons (Fsp3) is 0.333. The molecule has 0 bridgehead atoms. The first-order chi connectivity index (χ1) is 14.7. The van der Waals surface area contributed by atoms with Crippen LogP contribution in [0.3, 0.4) is 0 Å². The Hall–Kier alpha value is -2.17. The number of nitrogens with two attached hydrogens (primary N) is 1. The molecule has 2 aromatic carbocycles. The number of fused-ring (bicyclic) bond motifs is 2. The number of amides is 3. The molecule has 1 aromatic heterocycles. The zero-order valence-corrected chi connectivity index (χ0v) is 21.5. The summed E-state index contributed by atoms with van der Waals surface area (Å²) in [5.74, 6) is 0.103. The van der Waals surface area contributed by atoms with E-state index in [2.05, 4.69) is 31.5 Å². The fourth-order valence-corrected chi connectivity index (χ4v) is 6.05. The van der Waals surface area contributed by atoms with E-state index in [9.17, 15) is 9.59 Å². The van der Waals surface area contributed by atoms with Gasteiger partial charge in [0.1, 0.15) is 11.5 Å². The molecule has 3 aromatic rings. The van der Waals surface area contributed by atoms with Gasteiger partial charge in [0, 0.05) is 18.0 Å². The number of nitrogens with zero attached hydrogens (tertiary/aromatic N) is 1. The summed E-state index contributed by atoms with van der Waals surface area (Å²) in [6, 6.07) is 13.4. The van der Waals surface area contributed by atoms with E-state index in [0.29, 0.717) is 22.2 Å². The molecule has 6 nitrogen and oxygen atoms in total. The van der Waals surface area contributed by atoms with Crippen molar-refractivity contribution in [2.24, 2.45) is 11.7 Å². The van der Waals surface area contributed by atoms with Crippen LogP contribution in [0.1, 0.15) is 34.6 Å². The maximum atomic E-state index is 12.7. The molecule has 0 fully saturated rings. The average Bonchev–Trinajstić information content (AvgIpc) is 3.03. The first-order valence-corrected chi connectivity index (χ1v) is 11.4. The lowest BCUT2D eigenvalue weighted by atomic mass is 9.99. The van der Waals surface area contributed by atoms with E-state index in [1.54, 1.807) is 0 Å². The van der Waals surface area contributed by atoms with Crippen LogP contribution in [0.5, 0.6) is 0 Å². The Bertz CT molecular complexity index is 1160. The van der Waals surface area contributed by atoms with Crippen molar-refractivity contribution < 1.29 is 38.0 Å². The van der Waals surface area contributed by atoms with Gasteiger partial charge in [-0.1, -0.05) is 44.2 Å². The molecule has 1 aliphatic heterocycles. The van der Waals surface area contributed by atoms with Crippen molar-refractivity contribution in [2.75, 3.05) is 30.8 Å². The largest absolute Gasteiger partial charge is 1.00 e. The van der Waals surface area contributed by atoms with Crippen molar-refractivity contribution in [1.29, 1.82) is 0 Å². The molecular weight excluding hydrogens is 535 g/mol. The number of carbonyl (C=O) groups excluding carboxylic acids is 2. The molecule has 3 amide bonds. The highest BCUT2D eigenvalue weighted by molar-refractivity contribution is 7.17. The van der Waals surface area contributed by atoms with E-state index >= 15 is 0 Å². The van der Waals surface area contributed by atoms with E-state index in [1.807, 2.05) is 42.5 Å². The lowest BCUT2D eigenvalue weighted by Crippen LogP contribution is -3.00. The molecule has 1 atom stereocenters. The molecule has 0 saturated heterocycles. The van der Waals surface area contributed by atoms with Crippen molar-refractivity contribution in [1.82, 2.24) is 0 Å². The zero-order chi connectivity index (χ0) is 22.2. The summed E-state index contributed by atoms with van der Waals surface area (Å²) in [5, 5.41) is 8.44. The summed E-state index contributed by atoms with van der Waals surface area (Å²) in [7, 11) is 2.26. The summed E-state index contributed by atoms with van der Waals surface area (Å²) >= 11 is 1.47. The minimum absolute atomic E-state index is 0. The van der Waals surface area contributed by atoms with Crippen molar-refractivity contribution in [3.8, 4) is 0 Å². The Labute approximate surface area is 209 Å². The van der Waals surface area contributed by atoms with Crippen LogP contribution in [-0.4, -0.2) is 36.6 Å². The van der Waals surface area contributed by atoms with Gasteiger partial charge < -0.3 is 39.5 Å². The van der Waals surface area contributed by atoms with Crippen LogP contribution in [-0.2, 0) is 13.0 Å². The molecule has 170 valence electrons. The molecule has 0 aliphatic carbocycles. The van der Waals surface area contributed by atoms with E-state index < -0.39 is 5.91 Å². The fourth-order valence-electron chi connectivity index (χ4n) is 4.63. The number of likely N-dealkylation sites (N-methyl/N-ethyl adjacent to an activating group) is 1. The van der Waals surface area contributed by atoms with E-state index in [-0.39, 0.29) is 30.0 Å². The number of benzene rings is 2. The number of halogens is 1. The Balaban J connectivity index is 0.00000289. The van der Waals surface area contributed by atoms with E-state index in [0.717, 1.165) is 51.8 Å². The van der Waals surface area contributed by atoms with Gasteiger partial charge in [0.25, 0.3) is 5.91 Å². The third-order valence-electron chi connectivity index (χ3n) is 5.80. The first-order valence-electron chi connectivity index (χ1n) is 10.6. The second-order valence-corrected chi connectivity index (χ2v) is 10.1. The summed E-state index contributed by atoms with van der Waals surface area (Å²) in [6.45, 7) is 7.35. The van der Waals surface area contributed by atoms with Gasteiger partial charge in [0.05, 0.1) is 30.6 Å². The minimum Gasteiger partial charge on any atom is -1.00 e. The van der Waals surface area contributed by atoms with Crippen LogP contribution in [0.4, 0.5) is 15.5 Å². The van der Waals surface area contributed by atoms with Gasteiger partial charge in [0.2, 0.25) is 0 Å². The number of primary amides is 1. The van der Waals surface area contributed by atoms with Gasteiger partial charge in [0.15, 0.2) is 0 Å². The Kier molecular flexibility index (Phi) is 7.46. The number of thiophene rings is 1. The van der Waals surface area contributed by atoms with Crippen LogP contribution in [0.2, 0.25) is 0 Å². The molecule has 0 radical (unpaired) electrons. The van der Waals surface area contributed by atoms with Crippen LogP contribution in [0.15, 0.2) is 42.5 Å². The number of hydrogen-bond donors (Lipinski definition) is 3. The number of rotatable bonds is 5. The number of quaternary nitrogens is 1. The maximum absolute atomic E-state index is 12.7. The molecule has 1 aliphatic rings. The van der Waals surface area contributed by atoms with Gasteiger partial charge in [-0.15, -0.1) is 11.3 Å². The predicted molar refractivity (Wildman–Crippen MR) is 128 cm³/mol. The SMILES string of the molecule is CC(C)C[N+]1(C)CCc2c(sc(NC(=O)Nc3ccc4ccccc4c3)c2C(N)=O)C1.[I-]. The smallest absolute Gasteiger partial charge is 0.324 e. The Morgan fingerprint density at radius 2 is 1.84 bits per heavy atom. The predicted octanol–water partition coefficient (Wildman–Crippen LogP) is 1.81. The standard InChI is InChI=1S/C24H28N4O2S.HI/c1-15(2)13-28(3)11-10-19-20(14-28)31-23(21(19)22(25)29)27-24(30)26-18-9-8-16-6-4-5-7-17(16)12-18;/h4-9,12,15H,10-11,13-14H2,1-3H3,(H3-,25,26,27,29,30);1H. The molecule has 4 N–H and O–H groups in total. The molecular formula is C24H29IN4O2S. The topological polar surface area (TPSA) is 84.2 Å². The molecule has 0 spiro atoms. The second kappa shape index (κ2) is 9.76. The van der Waals surface area contributed by atoms with Gasteiger partial charge in [-0.05, 0) is 28.5 Å². The van der Waals surface area contributed by atoms with Crippen LogP contribution < -0.4 is 40.3 Å². The molecule has 1 unspecified atom stereocenters. The lowest BCUT2D eigenvalue weighted by molar-refractivity contribution is -0.926. The molecule has 8 heteroatoms. The molecule has 2 heterocycles. The highest BCUT2D eigenvalue weighted by Gasteiger charge is 2.35. The highest BCUT2D eigenvalue weighted by atomic mass is 127. The summed E-state index contributed by atoms with van der Waals surface area (Å²) in [5.41, 5.74) is 7.87. The normalized spacial score (nSPS) is 17.5. The number of hydrogen-bond acceptors (Lipinski definition) is 3. The Morgan fingerprint density at radius 1 is 1.12 bits per heavy atom. The monoisotopic (exact) mass is 564 g/mol. The van der Waals surface area contributed by atoms with Crippen molar-refractivity contribution >= 4 is 44.7 Å². The maximum Gasteiger partial charge on any atom is 0.324 e.